The number of sulfonamides is 1. The van der Waals surface area contributed by atoms with Gasteiger partial charge in [0.2, 0.25) is 0 Å². The molecule has 0 aliphatic heterocycles. The van der Waals surface area contributed by atoms with Crippen LogP contribution in [-0.2, 0) is 23.1 Å². The van der Waals surface area contributed by atoms with Crippen molar-refractivity contribution < 1.29 is 8.42 Å². The predicted molar refractivity (Wildman–Crippen MR) is 88.0 cm³/mol. The zero-order valence-electron chi connectivity index (χ0n) is 13.0. The van der Waals surface area contributed by atoms with Crippen LogP contribution in [0, 0.1) is 13.8 Å². The Kier molecular flexibility index (Phi) is 5.02. The quantitative estimate of drug-likeness (QED) is 0.443. The molecule has 2 aromatic rings. The topological polar surface area (TPSA) is 139 Å². The summed E-state index contributed by atoms with van der Waals surface area (Å²) >= 11 is 0. The number of hydrogen-bond acceptors (Lipinski definition) is 4. The molecule has 1 heterocycles. The lowest BCUT2D eigenvalue weighted by Crippen LogP contribution is -2.24. The van der Waals surface area contributed by atoms with Crippen LogP contribution in [0.15, 0.2) is 34.4 Å². The van der Waals surface area contributed by atoms with E-state index in [0.29, 0.717) is 5.82 Å². The van der Waals surface area contributed by atoms with Gasteiger partial charge in [-0.25, -0.2) is 23.1 Å². The zero-order valence-corrected chi connectivity index (χ0v) is 13.8. The Morgan fingerprint density at radius 2 is 1.91 bits per heavy atom. The summed E-state index contributed by atoms with van der Waals surface area (Å²) in [6, 6.07) is 5.90. The smallest absolute Gasteiger partial charge is 0.257 e. The van der Waals surface area contributed by atoms with E-state index in [4.69, 9.17) is 11.5 Å². The van der Waals surface area contributed by atoms with Crippen molar-refractivity contribution in [2.75, 3.05) is 0 Å². The van der Waals surface area contributed by atoms with E-state index in [1.54, 1.807) is 0 Å². The molecule has 0 saturated heterocycles. The van der Waals surface area contributed by atoms with Gasteiger partial charge in [0.15, 0.2) is 11.0 Å². The van der Waals surface area contributed by atoms with Crippen LogP contribution in [0.4, 0.5) is 0 Å². The average molecular weight is 336 g/mol. The number of benzene rings is 1. The highest BCUT2D eigenvalue weighted by molar-refractivity contribution is 7.89. The Hall–Kier alpha value is -2.39. The molecule has 0 saturated carbocycles. The van der Waals surface area contributed by atoms with Crippen LogP contribution in [-0.4, -0.2) is 24.3 Å². The summed E-state index contributed by atoms with van der Waals surface area (Å²) in [5, 5.41) is -0.0253. The number of aromatic amines is 1. The van der Waals surface area contributed by atoms with E-state index >= 15 is 0 Å². The molecule has 8 nitrogen and oxygen atoms in total. The maximum atomic E-state index is 12.3. The summed E-state index contributed by atoms with van der Waals surface area (Å²) < 4.78 is 27.1. The minimum atomic E-state index is -3.68. The number of imidazole rings is 1. The normalized spacial score (nSPS) is 11.4. The Bertz CT molecular complexity index is 801. The van der Waals surface area contributed by atoms with Crippen LogP contribution in [0.2, 0.25) is 0 Å². The number of aryl methyl sites for hydroxylation is 2. The molecule has 124 valence electrons. The number of guanidine groups is 1. The molecule has 23 heavy (non-hydrogen) atoms. The lowest BCUT2D eigenvalue weighted by molar-refractivity contribution is 0.577. The molecule has 0 atom stereocenters. The predicted octanol–water partition coefficient (Wildman–Crippen LogP) is 0.278. The number of aromatic nitrogens is 2. The summed E-state index contributed by atoms with van der Waals surface area (Å²) in [5.74, 6) is 0.281. The highest BCUT2D eigenvalue weighted by atomic mass is 32.2. The SMILES string of the molecule is Cc1cc(C)cc(CNS(=O)(=O)c2cnc(CN=C(N)N)[nH]2)c1. The van der Waals surface area contributed by atoms with Gasteiger partial charge < -0.3 is 16.5 Å². The monoisotopic (exact) mass is 336 g/mol. The Balaban J connectivity index is 2.08. The minimum Gasteiger partial charge on any atom is -0.370 e. The maximum absolute atomic E-state index is 12.3. The first kappa shape index (κ1) is 17.0. The molecule has 0 radical (unpaired) electrons. The van der Waals surface area contributed by atoms with E-state index < -0.39 is 10.0 Å². The van der Waals surface area contributed by atoms with Crippen molar-refractivity contribution >= 4 is 16.0 Å². The van der Waals surface area contributed by atoms with Crippen LogP contribution in [0.5, 0.6) is 0 Å². The number of nitrogens with two attached hydrogens (primary N) is 2. The molecule has 0 bridgehead atoms. The molecule has 1 aromatic carbocycles. The number of aliphatic imine (C=N–C) groups is 1. The highest BCUT2D eigenvalue weighted by Crippen LogP contribution is 2.11. The van der Waals surface area contributed by atoms with Crippen LogP contribution >= 0.6 is 0 Å². The standard InChI is InChI=1S/C14H20N6O2S/c1-9-3-10(2)5-11(4-9)6-19-23(21,22)13-8-17-12(20-13)7-18-14(15)16/h3-5,8,19H,6-7H2,1-2H3,(H,17,20)(H4,15,16,18). The summed E-state index contributed by atoms with van der Waals surface area (Å²) in [6.07, 6.45) is 1.24. The van der Waals surface area contributed by atoms with Gasteiger partial charge in [0, 0.05) is 6.54 Å². The third-order valence-corrected chi connectivity index (χ3v) is 4.36. The van der Waals surface area contributed by atoms with Crippen molar-refractivity contribution in [2.24, 2.45) is 16.5 Å². The minimum absolute atomic E-state index is 0.0253. The summed E-state index contributed by atoms with van der Waals surface area (Å²) in [4.78, 5) is 10.4. The van der Waals surface area contributed by atoms with Gasteiger partial charge in [0.25, 0.3) is 10.0 Å². The molecule has 0 aliphatic carbocycles. The van der Waals surface area contributed by atoms with E-state index in [1.165, 1.54) is 6.20 Å². The number of nitrogens with one attached hydrogen (secondary N) is 2. The number of nitrogens with zero attached hydrogens (tertiary/aromatic N) is 2. The zero-order chi connectivity index (χ0) is 17.0. The van der Waals surface area contributed by atoms with E-state index in [-0.39, 0.29) is 24.1 Å². The fourth-order valence-electron chi connectivity index (χ4n) is 2.15. The van der Waals surface area contributed by atoms with E-state index in [1.807, 2.05) is 32.0 Å². The summed E-state index contributed by atoms with van der Waals surface area (Å²) in [7, 11) is -3.68. The number of H-pyrrole nitrogens is 1. The summed E-state index contributed by atoms with van der Waals surface area (Å²) in [6.45, 7) is 4.23. The fraction of sp³-hybridized carbons (Fsp3) is 0.286. The number of hydrogen-bond donors (Lipinski definition) is 4. The second-order valence-corrected chi connectivity index (χ2v) is 6.99. The van der Waals surface area contributed by atoms with Gasteiger partial charge in [-0.2, -0.15) is 0 Å². The van der Waals surface area contributed by atoms with Crippen molar-refractivity contribution in [2.45, 2.75) is 32.0 Å². The molecule has 0 amide bonds. The van der Waals surface area contributed by atoms with Crippen molar-refractivity contribution in [3.63, 3.8) is 0 Å². The first-order valence-electron chi connectivity index (χ1n) is 6.92. The lowest BCUT2D eigenvalue weighted by atomic mass is 10.1. The van der Waals surface area contributed by atoms with E-state index in [9.17, 15) is 8.42 Å². The molecule has 1 aromatic heterocycles. The Morgan fingerprint density at radius 3 is 2.52 bits per heavy atom. The van der Waals surface area contributed by atoms with Crippen molar-refractivity contribution in [3.05, 3.63) is 46.9 Å². The van der Waals surface area contributed by atoms with Crippen LogP contribution in [0.1, 0.15) is 22.5 Å². The molecule has 0 aliphatic rings. The third kappa shape index (κ3) is 4.80. The van der Waals surface area contributed by atoms with Gasteiger partial charge in [-0.1, -0.05) is 29.3 Å². The van der Waals surface area contributed by atoms with E-state index in [2.05, 4.69) is 19.7 Å². The molecule has 0 spiro atoms. The molecule has 2 rings (SSSR count). The van der Waals surface area contributed by atoms with E-state index in [0.717, 1.165) is 16.7 Å². The van der Waals surface area contributed by atoms with Gasteiger partial charge in [-0.15, -0.1) is 0 Å². The molecule has 9 heteroatoms. The van der Waals surface area contributed by atoms with Gasteiger partial charge >= 0.3 is 0 Å². The molecule has 6 N–H and O–H groups in total. The average Bonchev–Trinajstić information content (AvgIpc) is 2.92. The van der Waals surface area contributed by atoms with Gasteiger partial charge in [0.1, 0.15) is 12.4 Å². The third-order valence-electron chi connectivity index (χ3n) is 3.05. The van der Waals surface area contributed by atoms with Crippen molar-refractivity contribution in [1.29, 1.82) is 0 Å². The molecular weight excluding hydrogens is 316 g/mol. The second-order valence-electron chi connectivity index (χ2n) is 5.26. The Morgan fingerprint density at radius 1 is 1.26 bits per heavy atom. The van der Waals surface area contributed by atoms with Gasteiger partial charge in [-0.3, -0.25) is 0 Å². The van der Waals surface area contributed by atoms with Crippen LogP contribution in [0.3, 0.4) is 0 Å². The van der Waals surface area contributed by atoms with Crippen LogP contribution in [0.25, 0.3) is 0 Å². The Labute approximate surface area is 135 Å². The number of rotatable bonds is 6. The van der Waals surface area contributed by atoms with Crippen molar-refractivity contribution in [3.8, 4) is 0 Å². The highest BCUT2D eigenvalue weighted by Gasteiger charge is 2.17. The fourth-order valence-corrected chi connectivity index (χ4v) is 3.11. The first-order chi connectivity index (χ1) is 10.8. The maximum Gasteiger partial charge on any atom is 0.257 e. The lowest BCUT2D eigenvalue weighted by Gasteiger charge is -2.07. The largest absolute Gasteiger partial charge is 0.370 e. The second kappa shape index (κ2) is 6.80. The molecule has 0 fully saturated rings. The summed E-state index contributed by atoms with van der Waals surface area (Å²) in [5.41, 5.74) is 13.5. The van der Waals surface area contributed by atoms with Gasteiger partial charge in [-0.05, 0) is 19.4 Å². The van der Waals surface area contributed by atoms with Gasteiger partial charge in [0.05, 0.1) is 6.20 Å². The van der Waals surface area contributed by atoms with Crippen molar-refractivity contribution in [1.82, 2.24) is 14.7 Å². The first-order valence-corrected chi connectivity index (χ1v) is 8.41. The molecule has 0 unspecified atom stereocenters. The van der Waals surface area contributed by atoms with Crippen LogP contribution < -0.4 is 16.2 Å². The molecular formula is C14H20N6O2S.